The van der Waals surface area contributed by atoms with Crippen molar-refractivity contribution in [2.24, 2.45) is 11.8 Å². The van der Waals surface area contributed by atoms with Crippen molar-refractivity contribution in [3.05, 3.63) is 30.1 Å². The topological polar surface area (TPSA) is 33.1 Å². The van der Waals surface area contributed by atoms with Crippen molar-refractivity contribution in [3.63, 3.8) is 0 Å². The lowest BCUT2D eigenvalue weighted by atomic mass is 9.89. The van der Waals surface area contributed by atoms with E-state index in [1.54, 1.807) is 6.20 Å². The van der Waals surface area contributed by atoms with Gasteiger partial charge in [0.2, 0.25) is 0 Å². The Morgan fingerprint density at radius 2 is 2.07 bits per heavy atom. The van der Waals surface area contributed by atoms with E-state index in [2.05, 4.69) is 25.8 Å². The van der Waals surface area contributed by atoms with Crippen molar-refractivity contribution < 1.29 is 5.11 Å². The van der Waals surface area contributed by atoms with Crippen molar-refractivity contribution in [2.45, 2.75) is 33.3 Å². The Balaban J connectivity index is 2.53. The third-order valence-electron chi connectivity index (χ3n) is 2.83. The number of aliphatic hydroxyl groups excluding tert-OH is 1. The Kier molecular flexibility index (Phi) is 4.08. The molecule has 2 unspecified atom stereocenters. The van der Waals surface area contributed by atoms with Crippen LogP contribution in [0.3, 0.4) is 0 Å². The van der Waals surface area contributed by atoms with E-state index in [0.29, 0.717) is 18.3 Å². The maximum atomic E-state index is 9.91. The van der Waals surface area contributed by atoms with Crippen LogP contribution in [0, 0.1) is 11.8 Å². The van der Waals surface area contributed by atoms with Gasteiger partial charge in [0.15, 0.2) is 0 Å². The van der Waals surface area contributed by atoms with Crippen molar-refractivity contribution in [1.82, 2.24) is 4.98 Å². The number of aromatic nitrogens is 1. The molecular formula is C12H19NO. The van der Waals surface area contributed by atoms with Crippen molar-refractivity contribution in [3.8, 4) is 0 Å². The molecule has 2 atom stereocenters. The molecule has 78 valence electrons. The van der Waals surface area contributed by atoms with Crippen LogP contribution in [0.2, 0.25) is 0 Å². The first-order valence-corrected chi connectivity index (χ1v) is 5.18. The Morgan fingerprint density at radius 1 is 1.36 bits per heavy atom. The summed E-state index contributed by atoms with van der Waals surface area (Å²) in [5, 5.41) is 9.91. The highest BCUT2D eigenvalue weighted by Crippen LogP contribution is 2.17. The minimum absolute atomic E-state index is 0.265. The summed E-state index contributed by atoms with van der Waals surface area (Å²) in [6, 6.07) is 3.91. The quantitative estimate of drug-likeness (QED) is 0.795. The molecule has 1 N–H and O–H groups in total. The normalized spacial score (nSPS) is 15.5. The summed E-state index contributed by atoms with van der Waals surface area (Å²) in [6.07, 6.45) is 4.00. The zero-order valence-electron chi connectivity index (χ0n) is 9.14. The molecule has 0 aliphatic heterocycles. The number of hydrogen-bond acceptors (Lipinski definition) is 2. The standard InChI is InChI=1S/C12H19NO/c1-9(2)10(3)12(14)7-11-5-4-6-13-8-11/h4-6,8-10,12,14H,7H2,1-3H3. The molecule has 0 aromatic carbocycles. The molecule has 1 rings (SSSR count). The second kappa shape index (κ2) is 5.11. The summed E-state index contributed by atoms with van der Waals surface area (Å²) in [4.78, 5) is 4.03. The first-order valence-electron chi connectivity index (χ1n) is 5.18. The van der Waals surface area contributed by atoms with Crippen LogP contribution in [0.15, 0.2) is 24.5 Å². The Labute approximate surface area is 86.0 Å². The molecule has 0 saturated heterocycles. The molecule has 0 radical (unpaired) electrons. The summed E-state index contributed by atoms with van der Waals surface area (Å²) in [5.41, 5.74) is 1.10. The number of nitrogens with zero attached hydrogens (tertiary/aromatic N) is 1. The Hall–Kier alpha value is -0.890. The van der Waals surface area contributed by atoms with Gasteiger partial charge in [-0.2, -0.15) is 0 Å². The lowest BCUT2D eigenvalue weighted by molar-refractivity contribution is 0.0921. The van der Waals surface area contributed by atoms with Gasteiger partial charge in [0, 0.05) is 18.8 Å². The van der Waals surface area contributed by atoms with Crippen molar-refractivity contribution in [1.29, 1.82) is 0 Å². The third-order valence-corrected chi connectivity index (χ3v) is 2.83. The summed E-state index contributed by atoms with van der Waals surface area (Å²) >= 11 is 0. The third kappa shape index (κ3) is 3.11. The molecule has 0 bridgehead atoms. The molecule has 0 amide bonds. The highest BCUT2D eigenvalue weighted by atomic mass is 16.3. The summed E-state index contributed by atoms with van der Waals surface area (Å²) in [6.45, 7) is 6.36. The zero-order chi connectivity index (χ0) is 10.6. The van der Waals surface area contributed by atoms with E-state index in [1.165, 1.54) is 0 Å². The second-order valence-electron chi connectivity index (χ2n) is 4.24. The van der Waals surface area contributed by atoms with E-state index in [9.17, 15) is 5.11 Å². The predicted octanol–water partition coefficient (Wildman–Crippen LogP) is 2.28. The van der Waals surface area contributed by atoms with Gasteiger partial charge in [-0.15, -0.1) is 0 Å². The first kappa shape index (κ1) is 11.2. The van der Waals surface area contributed by atoms with Crippen LogP contribution >= 0.6 is 0 Å². The molecule has 2 nitrogen and oxygen atoms in total. The highest BCUT2D eigenvalue weighted by molar-refractivity contribution is 5.09. The lowest BCUT2D eigenvalue weighted by Gasteiger charge is -2.22. The zero-order valence-corrected chi connectivity index (χ0v) is 9.14. The van der Waals surface area contributed by atoms with Gasteiger partial charge in [0.25, 0.3) is 0 Å². The van der Waals surface area contributed by atoms with Gasteiger partial charge in [-0.3, -0.25) is 4.98 Å². The molecule has 1 aromatic heterocycles. The number of aliphatic hydroxyl groups is 1. The van der Waals surface area contributed by atoms with Crippen LogP contribution in [0.1, 0.15) is 26.3 Å². The summed E-state index contributed by atoms with van der Waals surface area (Å²) in [5.74, 6) is 0.844. The van der Waals surface area contributed by atoms with Gasteiger partial charge >= 0.3 is 0 Å². The SMILES string of the molecule is CC(C)C(C)C(O)Cc1cccnc1. The molecule has 0 aliphatic rings. The van der Waals surface area contributed by atoms with Crippen LogP contribution in [-0.2, 0) is 6.42 Å². The number of pyridine rings is 1. The van der Waals surface area contributed by atoms with Gasteiger partial charge in [0.1, 0.15) is 0 Å². The molecule has 0 saturated carbocycles. The predicted molar refractivity (Wildman–Crippen MR) is 57.9 cm³/mol. The van der Waals surface area contributed by atoms with E-state index < -0.39 is 0 Å². The molecular weight excluding hydrogens is 174 g/mol. The van der Waals surface area contributed by atoms with Gasteiger partial charge < -0.3 is 5.11 Å². The van der Waals surface area contributed by atoms with Gasteiger partial charge in [0.05, 0.1) is 6.10 Å². The fourth-order valence-electron chi connectivity index (χ4n) is 1.39. The minimum Gasteiger partial charge on any atom is -0.392 e. The van der Waals surface area contributed by atoms with Crippen LogP contribution in [0.4, 0.5) is 0 Å². The second-order valence-corrected chi connectivity index (χ2v) is 4.24. The van der Waals surface area contributed by atoms with E-state index in [1.807, 2.05) is 18.3 Å². The Bertz CT molecular complexity index is 258. The van der Waals surface area contributed by atoms with Crippen LogP contribution < -0.4 is 0 Å². The number of rotatable bonds is 4. The molecule has 0 aliphatic carbocycles. The van der Waals surface area contributed by atoms with Crippen LogP contribution in [0.25, 0.3) is 0 Å². The molecule has 1 aromatic rings. The fourth-order valence-corrected chi connectivity index (χ4v) is 1.39. The lowest BCUT2D eigenvalue weighted by Crippen LogP contribution is -2.24. The maximum absolute atomic E-state index is 9.91. The molecule has 14 heavy (non-hydrogen) atoms. The molecule has 2 heteroatoms. The number of hydrogen-bond donors (Lipinski definition) is 1. The summed E-state index contributed by atoms with van der Waals surface area (Å²) < 4.78 is 0. The minimum atomic E-state index is -0.265. The monoisotopic (exact) mass is 193 g/mol. The largest absolute Gasteiger partial charge is 0.392 e. The average Bonchev–Trinajstić information content (AvgIpc) is 2.18. The summed E-state index contributed by atoms with van der Waals surface area (Å²) in [7, 11) is 0. The van der Waals surface area contributed by atoms with E-state index >= 15 is 0 Å². The van der Waals surface area contributed by atoms with E-state index in [0.717, 1.165) is 5.56 Å². The fraction of sp³-hybridized carbons (Fsp3) is 0.583. The molecule has 0 spiro atoms. The van der Waals surface area contributed by atoms with Crippen molar-refractivity contribution in [2.75, 3.05) is 0 Å². The Morgan fingerprint density at radius 3 is 2.57 bits per heavy atom. The smallest absolute Gasteiger partial charge is 0.0609 e. The molecule has 1 heterocycles. The molecule has 0 fully saturated rings. The maximum Gasteiger partial charge on any atom is 0.0609 e. The van der Waals surface area contributed by atoms with E-state index in [4.69, 9.17) is 0 Å². The van der Waals surface area contributed by atoms with Crippen LogP contribution in [0.5, 0.6) is 0 Å². The van der Waals surface area contributed by atoms with Crippen molar-refractivity contribution >= 4 is 0 Å². The highest BCUT2D eigenvalue weighted by Gasteiger charge is 2.17. The average molecular weight is 193 g/mol. The van der Waals surface area contributed by atoms with E-state index in [-0.39, 0.29) is 6.10 Å². The van der Waals surface area contributed by atoms with Gasteiger partial charge in [-0.05, 0) is 23.5 Å². The van der Waals surface area contributed by atoms with Gasteiger partial charge in [-0.25, -0.2) is 0 Å². The first-order chi connectivity index (χ1) is 6.61. The van der Waals surface area contributed by atoms with Crippen LogP contribution in [-0.4, -0.2) is 16.2 Å². The van der Waals surface area contributed by atoms with Gasteiger partial charge in [-0.1, -0.05) is 26.8 Å².